The molecule has 6 heteroatoms. The van der Waals surface area contributed by atoms with Gasteiger partial charge in [-0.25, -0.2) is 0 Å². The van der Waals surface area contributed by atoms with Gasteiger partial charge in [-0.3, -0.25) is 9.59 Å². The van der Waals surface area contributed by atoms with Crippen molar-refractivity contribution < 1.29 is 14.6 Å². The highest BCUT2D eigenvalue weighted by Gasteiger charge is 2.21. The number of pyridine rings is 1. The molecule has 0 aliphatic heterocycles. The zero-order chi connectivity index (χ0) is 20.8. The number of aliphatic hydroxyl groups is 1. The Kier molecular flexibility index (Phi) is 6.67. The Morgan fingerprint density at radius 1 is 1.17 bits per heavy atom. The summed E-state index contributed by atoms with van der Waals surface area (Å²) in [6, 6.07) is 14.7. The van der Waals surface area contributed by atoms with Crippen LogP contribution in [0.5, 0.6) is 5.75 Å². The number of aromatic nitrogens is 1. The molecule has 3 aromatic rings. The molecule has 1 heterocycles. The summed E-state index contributed by atoms with van der Waals surface area (Å²) in [5.74, 6) is 0.281. The third-order valence-corrected chi connectivity index (χ3v) is 4.73. The van der Waals surface area contributed by atoms with Crippen LogP contribution >= 0.6 is 0 Å². The summed E-state index contributed by atoms with van der Waals surface area (Å²) in [5, 5.41) is 10.2. The number of aryl methyl sites for hydroxylation is 1. The molecular weight excluding hydrogens is 368 g/mol. The van der Waals surface area contributed by atoms with Gasteiger partial charge in [0.2, 0.25) is 0 Å². The number of carbonyl (C=O) groups excluding carboxylic acids is 1. The second kappa shape index (κ2) is 9.39. The maximum Gasteiger partial charge on any atom is 0.257 e. The SMILES string of the molecule is CCOc1ccccc1C(=O)N(CCCO)Cc1cc2cc(C)ccc2[nH]c1=O. The first-order valence-electron chi connectivity index (χ1n) is 9.78. The quantitative estimate of drug-likeness (QED) is 0.614. The molecule has 0 atom stereocenters. The Balaban J connectivity index is 1.95. The van der Waals surface area contributed by atoms with E-state index in [0.717, 1.165) is 16.5 Å². The molecule has 0 spiro atoms. The van der Waals surface area contributed by atoms with E-state index in [1.165, 1.54) is 0 Å². The summed E-state index contributed by atoms with van der Waals surface area (Å²) in [7, 11) is 0. The predicted molar refractivity (Wildman–Crippen MR) is 113 cm³/mol. The minimum absolute atomic E-state index is 0.0375. The van der Waals surface area contributed by atoms with Crippen molar-refractivity contribution in [2.75, 3.05) is 19.8 Å². The standard InChI is InChI=1S/C23H26N2O4/c1-3-29-21-8-5-4-7-19(21)23(28)25(11-6-12-26)15-18-14-17-13-16(2)9-10-20(17)24-22(18)27/h4-5,7-10,13-14,26H,3,6,11-12,15H2,1-2H3,(H,24,27). The van der Waals surface area contributed by atoms with Gasteiger partial charge in [0.05, 0.1) is 18.7 Å². The summed E-state index contributed by atoms with van der Waals surface area (Å²) in [5.41, 5.74) is 2.58. The van der Waals surface area contributed by atoms with E-state index in [9.17, 15) is 14.7 Å². The Morgan fingerprint density at radius 3 is 2.72 bits per heavy atom. The zero-order valence-electron chi connectivity index (χ0n) is 16.8. The summed E-state index contributed by atoms with van der Waals surface area (Å²) < 4.78 is 5.59. The number of para-hydroxylation sites is 1. The number of hydrogen-bond acceptors (Lipinski definition) is 4. The van der Waals surface area contributed by atoms with Crippen molar-refractivity contribution in [3.8, 4) is 5.75 Å². The van der Waals surface area contributed by atoms with Crippen molar-refractivity contribution in [3.63, 3.8) is 0 Å². The van der Waals surface area contributed by atoms with E-state index in [2.05, 4.69) is 4.98 Å². The lowest BCUT2D eigenvalue weighted by Gasteiger charge is -2.23. The molecule has 0 aliphatic carbocycles. The van der Waals surface area contributed by atoms with E-state index < -0.39 is 0 Å². The smallest absolute Gasteiger partial charge is 0.257 e. The van der Waals surface area contributed by atoms with Crippen LogP contribution in [0.25, 0.3) is 10.9 Å². The van der Waals surface area contributed by atoms with Crippen molar-refractivity contribution in [2.24, 2.45) is 0 Å². The highest BCUT2D eigenvalue weighted by atomic mass is 16.5. The maximum atomic E-state index is 13.2. The molecule has 0 aliphatic rings. The van der Waals surface area contributed by atoms with Gasteiger partial charge in [0.15, 0.2) is 0 Å². The molecule has 152 valence electrons. The molecule has 0 bridgehead atoms. The molecule has 2 N–H and O–H groups in total. The number of aromatic amines is 1. The summed E-state index contributed by atoms with van der Waals surface area (Å²) in [6.45, 7) is 4.75. The van der Waals surface area contributed by atoms with Gasteiger partial charge in [0.25, 0.3) is 11.5 Å². The van der Waals surface area contributed by atoms with Crippen LogP contribution in [0.2, 0.25) is 0 Å². The third kappa shape index (κ3) is 4.84. The number of ether oxygens (including phenoxy) is 1. The van der Waals surface area contributed by atoms with Gasteiger partial charge in [0.1, 0.15) is 5.75 Å². The van der Waals surface area contributed by atoms with Gasteiger partial charge in [-0.15, -0.1) is 0 Å². The van der Waals surface area contributed by atoms with Crippen molar-refractivity contribution >= 4 is 16.8 Å². The first kappa shape index (κ1) is 20.6. The number of benzene rings is 2. The van der Waals surface area contributed by atoms with E-state index in [0.29, 0.717) is 36.4 Å². The number of H-pyrrole nitrogens is 1. The second-order valence-electron chi connectivity index (χ2n) is 6.95. The first-order valence-corrected chi connectivity index (χ1v) is 9.78. The van der Waals surface area contributed by atoms with Crippen LogP contribution in [-0.2, 0) is 6.54 Å². The average Bonchev–Trinajstić information content (AvgIpc) is 2.72. The number of carbonyl (C=O) groups is 1. The minimum Gasteiger partial charge on any atom is -0.493 e. The molecule has 3 rings (SSSR count). The Morgan fingerprint density at radius 2 is 1.97 bits per heavy atom. The first-order chi connectivity index (χ1) is 14.0. The second-order valence-corrected chi connectivity index (χ2v) is 6.95. The van der Waals surface area contributed by atoms with Gasteiger partial charge in [-0.1, -0.05) is 23.8 Å². The summed E-state index contributed by atoms with van der Waals surface area (Å²) in [4.78, 5) is 30.3. The van der Waals surface area contributed by atoms with Crippen molar-refractivity contribution in [1.82, 2.24) is 9.88 Å². The number of amides is 1. The molecule has 1 aromatic heterocycles. The average molecular weight is 394 g/mol. The summed E-state index contributed by atoms with van der Waals surface area (Å²) in [6.07, 6.45) is 0.424. The number of aliphatic hydroxyl groups excluding tert-OH is 1. The molecular formula is C23H26N2O4. The molecule has 6 nitrogen and oxygen atoms in total. The van der Waals surface area contributed by atoms with Crippen LogP contribution in [0, 0.1) is 6.92 Å². The minimum atomic E-state index is -0.230. The number of fused-ring (bicyclic) bond motifs is 1. The number of hydrogen-bond donors (Lipinski definition) is 2. The van der Waals surface area contributed by atoms with Crippen LogP contribution < -0.4 is 10.3 Å². The Hall–Kier alpha value is -3.12. The van der Waals surface area contributed by atoms with Gasteiger partial charge >= 0.3 is 0 Å². The normalized spacial score (nSPS) is 10.9. The fourth-order valence-corrected chi connectivity index (χ4v) is 3.30. The molecule has 2 aromatic carbocycles. The molecule has 0 fully saturated rings. The van der Waals surface area contributed by atoms with Gasteiger partial charge < -0.3 is 19.7 Å². The van der Waals surface area contributed by atoms with E-state index in [-0.39, 0.29) is 24.6 Å². The molecule has 0 unspecified atom stereocenters. The van der Waals surface area contributed by atoms with Crippen molar-refractivity contribution in [3.05, 3.63) is 75.6 Å². The fourth-order valence-electron chi connectivity index (χ4n) is 3.30. The molecule has 0 saturated heterocycles. The Labute approximate surface area is 169 Å². The Bertz CT molecular complexity index is 1060. The molecule has 0 saturated carbocycles. The van der Waals surface area contributed by atoms with Crippen LogP contribution in [0.1, 0.15) is 34.8 Å². The molecule has 29 heavy (non-hydrogen) atoms. The zero-order valence-corrected chi connectivity index (χ0v) is 16.8. The van der Waals surface area contributed by atoms with Crippen molar-refractivity contribution in [1.29, 1.82) is 0 Å². The van der Waals surface area contributed by atoms with Crippen LogP contribution in [-0.4, -0.2) is 40.7 Å². The third-order valence-electron chi connectivity index (χ3n) is 4.73. The van der Waals surface area contributed by atoms with E-state index in [1.807, 2.05) is 44.2 Å². The summed E-state index contributed by atoms with van der Waals surface area (Å²) >= 11 is 0. The predicted octanol–water partition coefficient (Wildman–Crippen LogP) is 3.26. The van der Waals surface area contributed by atoms with Gasteiger partial charge in [0, 0.05) is 24.2 Å². The fraction of sp³-hybridized carbons (Fsp3) is 0.304. The van der Waals surface area contributed by atoms with Crippen molar-refractivity contribution in [2.45, 2.75) is 26.8 Å². The van der Waals surface area contributed by atoms with E-state index in [1.54, 1.807) is 23.1 Å². The number of nitrogens with zero attached hydrogens (tertiary/aromatic N) is 1. The molecule has 1 amide bonds. The van der Waals surface area contributed by atoms with Crippen LogP contribution in [0.3, 0.4) is 0 Å². The highest BCUT2D eigenvalue weighted by molar-refractivity contribution is 5.97. The van der Waals surface area contributed by atoms with E-state index in [4.69, 9.17) is 4.74 Å². The molecule has 0 radical (unpaired) electrons. The highest BCUT2D eigenvalue weighted by Crippen LogP contribution is 2.21. The lowest BCUT2D eigenvalue weighted by molar-refractivity contribution is 0.0727. The van der Waals surface area contributed by atoms with Gasteiger partial charge in [-0.2, -0.15) is 0 Å². The lowest BCUT2D eigenvalue weighted by atomic mass is 10.1. The number of nitrogens with one attached hydrogen (secondary N) is 1. The monoisotopic (exact) mass is 394 g/mol. The van der Waals surface area contributed by atoms with Crippen LogP contribution in [0.4, 0.5) is 0 Å². The van der Waals surface area contributed by atoms with Gasteiger partial charge in [-0.05, 0) is 56.0 Å². The van der Waals surface area contributed by atoms with Crippen LogP contribution in [0.15, 0.2) is 53.3 Å². The number of rotatable bonds is 8. The maximum absolute atomic E-state index is 13.2. The van der Waals surface area contributed by atoms with E-state index >= 15 is 0 Å². The lowest BCUT2D eigenvalue weighted by Crippen LogP contribution is -2.34. The largest absolute Gasteiger partial charge is 0.493 e. The topological polar surface area (TPSA) is 82.6 Å².